The molecule has 3 rings (SSSR count). The molecule has 2 aromatic rings. The van der Waals surface area contributed by atoms with Gasteiger partial charge in [0.25, 0.3) is 0 Å². The van der Waals surface area contributed by atoms with Crippen molar-refractivity contribution < 1.29 is 23.8 Å². The highest BCUT2D eigenvalue weighted by molar-refractivity contribution is 5.85. The van der Waals surface area contributed by atoms with Gasteiger partial charge in [-0.1, -0.05) is 36.4 Å². The average molecular weight is 341 g/mol. The number of nitrogens with one attached hydrogen (secondary N) is 1. The molecule has 1 atom stereocenters. The highest BCUT2D eigenvalue weighted by atomic mass is 16.7. The molecule has 1 aliphatic rings. The zero-order valence-electron chi connectivity index (χ0n) is 13.9. The molecule has 0 aromatic heterocycles. The van der Waals surface area contributed by atoms with E-state index in [1.54, 1.807) is 12.1 Å². The Morgan fingerprint density at radius 3 is 2.64 bits per heavy atom. The van der Waals surface area contributed by atoms with Gasteiger partial charge in [-0.05, 0) is 29.7 Å². The largest absolute Gasteiger partial charge is 0.467 e. The van der Waals surface area contributed by atoms with Gasteiger partial charge in [0.05, 0.1) is 7.11 Å². The Labute approximate surface area is 145 Å². The van der Waals surface area contributed by atoms with Gasteiger partial charge < -0.3 is 19.5 Å². The van der Waals surface area contributed by atoms with Crippen LogP contribution in [0.5, 0.6) is 11.5 Å². The van der Waals surface area contributed by atoms with Crippen molar-refractivity contribution in [3.05, 3.63) is 59.7 Å². The van der Waals surface area contributed by atoms with E-state index in [1.165, 1.54) is 7.11 Å². The van der Waals surface area contributed by atoms with Gasteiger partial charge in [0.15, 0.2) is 17.5 Å². The summed E-state index contributed by atoms with van der Waals surface area (Å²) in [6, 6.07) is 13.8. The number of esters is 1. The van der Waals surface area contributed by atoms with E-state index >= 15 is 0 Å². The molecule has 1 amide bonds. The summed E-state index contributed by atoms with van der Waals surface area (Å²) in [5.41, 5.74) is 1.65. The number of aryl methyl sites for hydroxylation is 1. The fraction of sp³-hybridized carbons (Fsp3) is 0.263. The third-order valence-electron chi connectivity index (χ3n) is 3.95. The highest BCUT2D eigenvalue weighted by Gasteiger charge is 2.23. The molecule has 1 N–H and O–H groups in total. The number of carbonyl (C=O) groups is 2. The molecule has 0 unspecified atom stereocenters. The minimum absolute atomic E-state index is 0.219. The van der Waals surface area contributed by atoms with Crippen LogP contribution in [0, 0.1) is 0 Å². The normalized spacial score (nSPS) is 13.2. The lowest BCUT2D eigenvalue weighted by atomic mass is 10.1. The van der Waals surface area contributed by atoms with Crippen LogP contribution in [0.4, 0.5) is 0 Å². The maximum absolute atomic E-state index is 12.3. The molecule has 25 heavy (non-hydrogen) atoms. The number of methoxy groups -OCH3 is 1. The van der Waals surface area contributed by atoms with Crippen molar-refractivity contribution in [1.29, 1.82) is 0 Å². The molecule has 0 bridgehead atoms. The number of hydrogen-bond acceptors (Lipinski definition) is 5. The van der Waals surface area contributed by atoms with E-state index in [9.17, 15) is 9.59 Å². The van der Waals surface area contributed by atoms with Crippen LogP contribution in [-0.4, -0.2) is 25.8 Å². The molecule has 130 valence electrons. The van der Waals surface area contributed by atoms with Crippen LogP contribution in [0.15, 0.2) is 48.5 Å². The lowest BCUT2D eigenvalue weighted by molar-refractivity contribution is -0.145. The quantitative estimate of drug-likeness (QED) is 0.817. The Morgan fingerprint density at radius 1 is 1.12 bits per heavy atom. The second kappa shape index (κ2) is 7.70. The molecule has 2 aromatic carbocycles. The first-order valence-corrected chi connectivity index (χ1v) is 7.98. The van der Waals surface area contributed by atoms with Gasteiger partial charge in [-0.15, -0.1) is 0 Å². The summed E-state index contributed by atoms with van der Waals surface area (Å²) >= 11 is 0. The van der Waals surface area contributed by atoms with Crippen LogP contribution in [0.2, 0.25) is 0 Å². The predicted octanol–water partition coefficient (Wildman–Crippen LogP) is 2.38. The van der Waals surface area contributed by atoms with Crippen molar-refractivity contribution in [2.24, 2.45) is 0 Å². The minimum atomic E-state index is -0.810. The highest BCUT2D eigenvalue weighted by Crippen LogP contribution is 2.32. The molecule has 0 fully saturated rings. The maximum Gasteiger partial charge on any atom is 0.333 e. The van der Waals surface area contributed by atoms with Crippen molar-refractivity contribution in [2.75, 3.05) is 13.9 Å². The molecule has 0 radical (unpaired) electrons. The van der Waals surface area contributed by atoms with Crippen molar-refractivity contribution in [2.45, 2.75) is 18.9 Å². The van der Waals surface area contributed by atoms with E-state index < -0.39 is 12.0 Å². The molecule has 0 saturated heterocycles. The van der Waals surface area contributed by atoms with E-state index in [2.05, 4.69) is 5.32 Å². The molecule has 1 aliphatic heterocycles. The second-order valence-corrected chi connectivity index (χ2v) is 5.62. The first-order chi connectivity index (χ1) is 12.2. The fourth-order valence-electron chi connectivity index (χ4n) is 2.63. The van der Waals surface area contributed by atoms with Gasteiger partial charge in [0.1, 0.15) is 0 Å². The number of benzene rings is 2. The molecular formula is C19H19NO5. The summed E-state index contributed by atoms with van der Waals surface area (Å²) in [6.45, 7) is 0.219. The Balaban J connectivity index is 1.61. The zero-order chi connectivity index (χ0) is 17.6. The Morgan fingerprint density at radius 2 is 1.88 bits per heavy atom. The summed E-state index contributed by atoms with van der Waals surface area (Å²) in [5.74, 6) is 0.678. The van der Waals surface area contributed by atoms with Crippen molar-refractivity contribution >= 4 is 11.9 Å². The van der Waals surface area contributed by atoms with Crippen LogP contribution in [-0.2, 0) is 20.7 Å². The van der Waals surface area contributed by atoms with Crippen molar-refractivity contribution in [3.63, 3.8) is 0 Å². The van der Waals surface area contributed by atoms with Gasteiger partial charge in [-0.3, -0.25) is 4.79 Å². The monoisotopic (exact) mass is 341 g/mol. The third kappa shape index (κ3) is 4.09. The third-order valence-corrected chi connectivity index (χ3v) is 3.95. The zero-order valence-corrected chi connectivity index (χ0v) is 13.9. The number of fused-ring (bicyclic) bond motifs is 1. The van der Waals surface area contributed by atoms with Crippen LogP contribution >= 0.6 is 0 Å². The summed E-state index contributed by atoms with van der Waals surface area (Å²) < 4.78 is 15.4. The van der Waals surface area contributed by atoms with E-state index in [1.807, 2.05) is 36.4 Å². The van der Waals surface area contributed by atoms with Crippen LogP contribution in [0.1, 0.15) is 23.6 Å². The summed E-state index contributed by atoms with van der Waals surface area (Å²) in [5, 5.41) is 2.74. The van der Waals surface area contributed by atoms with Gasteiger partial charge in [0.2, 0.25) is 12.7 Å². The van der Waals surface area contributed by atoms with E-state index in [0.717, 1.165) is 5.56 Å². The van der Waals surface area contributed by atoms with Crippen LogP contribution < -0.4 is 14.8 Å². The smallest absolute Gasteiger partial charge is 0.333 e. The molecule has 6 nitrogen and oxygen atoms in total. The van der Waals surface area contributed by atoms with Gasteiger partial charge >= 0.3 is 5.97 Å². The molecule has 0 saturated carbocycles. The van der Waals surface area contributed by atoms with Crippen LogP contribution in [0.3, 0.4) is 0 Å². The molecule has 6 heteroatoms. The van der Waals surface area contributed by atoms with E-state index in [4.69, 9.17) is 14.2 Å². The summed E-state index contributed by atoms with van der Waals surface area (Å²) in [4.78, 5) is 24.3. The predicted molar refractivity (Wildman–Crippen MR) is 90.2 cm³/mol. The number of amides is 1. The lowest BCUT2D eigenvalue weighted by Crippen LogP contribution is -2.34. The van der Waals surface area contributed by atoms with E-state index in [-0.39, 0.29) is 19.1 Å². The average Bonchev–Trinajstić information content (AvgIpc) is 3.12. The number of rotatable bonds is 6. The first-order valence-electron chi connectivity index (χ1n) is 7.98. The lowest BCUT2D eigenvalue weighted by Gasteiger charge is -2.17. The van der Waals surface area contributed by atoms with Gasteiger partial charge in [-0.25, -0.2) is 4.79 Å². The Hall–Kier alpha value is -3.02. The minimum Gasteiger partial charge on any atom is -0.467 e. The second-order valence-electron chi connectivity index (χ2n) is 5.62. The SMILES string of the molecule is COC(=O)[C@@H](NC(=O)CCc1ccc2c(c1)OCO2)c1ccccc1. The number of ether oxygens (including phenoxy) is 3. The first kappa shape index (κ1) is 16.8. The van der Waals surface area contributed by atoms with Crippen molar-refractivity contribution in [1.82, 2.24) is 5.32 Å². The van der Waals surface area contributed by atoms with Gasteiger partial charge in [0, 0.05) is 6.42 Å². The van der Waals surface area contributed by atoms with Crippen molar-refractivity contribution in [3.8, 4) is 11.5 Å². The number of carbonyl (C=O) groups excluding carboxylic acids is 2. The topological polar surface area (TPSA) is 73.9 Å². The Kier molecular flexibility index (Phi) is 5.18. The fourth-order valence-corrected chi connectivity index (χ4v) is 2.63. The Bertz CT molecular complexity index is 760. The van der Waals surface area contributed by atoms with Gasteiger partial charge in [-0.2, -0.15) is 0 Å². The van der Waals surface area contributed by atoms with E-state index in [0.29, 0.717) is 23.5 Å². The molecule has 0 spiro atoms. The maximum atomic E-state index is 12.3. The molecular weight excluding hydrogens is 322 g/mol. The molecule has 1 heterocycles. The standard InChI is InChI=1S/C19H19NO5/c1-23-19(22)18(14-5-3-2-4-6-14)20-17(21)10-8-13-7-9-15-16(11-13)25-12-24-15/h2-7,9,11,18H,8,10,12H2,1H3,(H,20,21)/t18-/m0/s1. The molecule has 0 aliphatic carbocycles. The summed E-state index contributed by atoms with van der Waals surface area (Å²) in [6.07, 6.45) is 0.783. The van der Waals surface area contributed by atoms with Crippen LogP contribution in [0.25, 0.3) is 0 Å². The summed E-state index contributed by atoms with van der Waals surface area (Å²) in [7, 11) is 1.30. The number of hydrogen-bond donors (Lipinski definition) is 1.